The third-order valence-corrected chi connectivity index (χ3v) is 3.43. The van der Waals surface area contributed by atoms with E-state index in [2.05, 4.69) is 42.6 Å². The predicted octanol–water partition coefficient (Wildman–Crippen LogP) is 3.20. The molecule has 0 aliphatic carbocycles. The molecule has 0 radical (unpaired) electrons. The van der Waals surface area contributed by atoms with Crippen molar-refractivity contribution in [2.45, 2.75) is 44.8 Å². The second-order valence-electron chi connectivity index (χ2n) is 4.97. The first-order valence-corrected chi connectivity index (χ1v) is 6.73. The highest BCUT2D eigenvalue weighted by Crippen LogP contribution is 2.11. The molecule has 1 aromatic rings. The van der Waals surface area contributed by atoms with Crippen LogP contribution < -0.4 is 5.32 Å². The Bertz CT molecular complexity index is 312. The molecule has 1 aliphatic heterocycles. The molecule has 1 aliphatic rings. The summed E-state index contributed by atoms with van der Waals surface area (Å²) in [5, 5.41) is 3.57. The molecular weight excluding hydrogens is 246 g/mol. The highest BCUT2D eigenvalue weighted by Gasteiger charge is 2.15. The number of hydrogen-bond donors (Lipinski definition) is 1. The lowest BCUT2D eigenvalue weighted by atomic mass is 10.1. The van der Waals surface area contributed by atoms with Gasteiger partial charge in [-0.1, -0.05) is 30.3 Å². The lowest BCUT2D eigenvalue weighted by molar-refractivity contribution is 0.107. The first kappa shape index (κ1) is 15.5. The van der Waals surface area contributed by atoms with Crippen LogP contribution in [0.25, 0.3) is 0 Å². The van der Waals surface area contributed by atoms with Crippen LogP contribution in [0.15, 0.2) is 30.3 Å². The summed E-state index contributed by atoms with van der Waals surface area (Å²) < 4.78 is 5.60. The second-order valence-corrected chi connectivity index (χ2v) is 4.97. The Morgan fingerprint density at radius 2 is 2.11 bits per heavy atom. The van der Waals surface area contributed by atoms with Crippen LogP contribution >= 0.6 is 12.4 Å². The molecule has 102 valence electrons. The molecule has 2 unspecified atom stereocenters. The van der Waals surface area contributed by atoms with Crippen LogP contribution in [-0.2, 0) is 11.2 Å². The standard InChI is InChI=1S/C15H23NO.ClH/c1-13(16-12-15-8-5-11-17-15)9-10-14-6-3-2-4-7-14;/h2-4,6-7,13,15-16H,5,8-12H2,1H3;1H. The molecule has 1 heterocycles. The molecule has 0 amide bonds. The van der Waals surface area contributed by atoms with E-state index in [9.17, 15) is 0 Å². The maximum absolute atomic E-state index is 5.60. The molecular formula is C15H24ClNO. The highest BCUT2D eigenvalue weighted by molar-refractivity contribution is 5.85. The highest BCUT2D eigenvalue weighted by atomic mass is 35.5. The number of aryl methyl sites for hydroxylation is 1. The molecule has 2 nitrogen and oxygen atoms in total. The minimum Gasteiger partial charge on any atom is -0.377 e. The van der Waals surface area contributed by atoms with E-state index in [0.29, 0.717) is 12.1 Å². The Morgan fingerprint density at radius 1 is 1.33 bits per heavy atom. The molecule has 1 N–H and O–H groups in total. The summed E-state index contributed by atoms with van der Waals surface area (Å²) in [6.07, 6.45) is 5.25. The van der Waals surface area contributed by atoms with Gasteiger partial charge in [0.1, 0.15) is 0 Å². The molecule has 18 heavy (non-hydrogen) atoms. The third kappa shape index (κ3) is 5.38. The van der Waals surface area contributed by atoms with Crippen LogP contribution in [0.3, 0.4) is 0 Å². The minimum atomic E-state index is 0. The van der Waals surface area contributed by atoms with Crippen molar-refractivity contribution >= 4 is 12.4 Å². The summed E-state index contributed by atoms with van der Waals surface area (Å²) >= 11 is 0. The van der Waals surface area contributed by atoms with Crippen LogP contribution in [0.4, 0.5) is 0 Å². The van der Waals surface area contributed by atoms with Gasteiger partial charge in [0.2, 0.25) is 0 Å². The number of nitrogens with one attached hydrogen (secondary N) is 1. The first-order valence-electron chi connectivity index (χ1n) is 6.73. The van der Waals surface area contributed by atoms with E-state index in [1.807, 2.05) is 0 Å². The predicted molar refractivity (Wildman–Crippen MR) is 78.4 cm³/mol. The molecule has 2 atom stereocenters. The third-order valence-electron chi connectivity index (χ3n) is 3.43. The zero-order chi connectivity index (χ0) is 11.9. The van der Waals surface area contributed by atoms with Crippen molar-refractivity contribution in [3.05, 3.63) is 35.9 Å². The number of hydrogen-bond acceptors (Lipinski definition) is 2. The average Bonchev–Trinajstić information content (AvgIpc) is 2.88. The summed E-state index contributed by atoms with van der Waals surface area (Å²) in [4.78, 5) is 0. The maximum Gasteiger partial charge on any atom is 0.0700 e. The minimum absolute atomic E-state index is 0. The fourth-order valence-electron chi connectivity index (χ4n) is 2.27. The first-order chi connectivity index (χ1) is 8.34. The Balaban J connectivity index is 0.00000162. The number of rotatable bonds is 6. The number of benzene rings is 1. The fraction of sp³-hybridized carbons (Fsp3) is 0.600. The van der Waals surface area contributed by atoms with Crippen molar-refractivity contribution in [2.24, 2.45) is 0 Å². The summed E-state index contributed by atoms with van der Waals surface area (Å²) in [6.45, 7) is 4.22. The molecule has 0 bridgehead atoms. The van der Waals surface area contributed by atoms with Crippen molar-refractivity contribution in [1.82, 2.24) is 5.32 Å². The van der Waals surface area contributed by atoms with E-state index in [1.165, 1.54) is 24.8 Å². The Labute approximate surface area is 117 Å². The molecule has 1 fully saturated rings. The monoisotopic (exact) mass is 269 g/mol. The maximum atomic E-state index is 5.60. The Morgan fingerprint density at radius 3 is 2.78 bits per heavy atom. The largest absolute Gasteiger partial charge is 0.377 e. The molecule has 1 aromatic carbocycles. The summed E-state index contributed by atoms with van der Waals surface area (Å²) in [7, 11) is 0. The topological polar surface area (TPSA) is 21.3 Å². The lowest BCUT2D eigenvalue weighted by Gasteiger charge is -2.16. The summed E-state index contributed by atoms with van der Waals surface area (Å²) in [5.74, 6) is 0. The Hall–Kier alpha value is -0.570. The van der Waals surface area contributed by atoms with Crippen LogP contribution in [0.2, 0.25) is 0 Å². The van der Waals surface area contributed by atoms with Gasteiger partial charge in [0.05, 0.1) is 6.10 Å². The van der Waals surface area contributed by atoms with Crippen molar-refractivity contribution in [3.63, 3.8) is 0 Å². The Kier molecular flexibility index (Phi) is 7.33. The number of halogens is 1. The van der Waals surface area contributed by atoms with Crippen LogP contribution in [-0.4, -0.2) is 25.3 Å². The van der Waals surface area contributed by atoms with Gasteiger partial charge in [0.15, 0.2) is 0 Å². The lowest BCUT2D eigenvalue weighted by Crippen LogP contribution is -2.33. The zero-order valence-corrected chi connectivity index (χ0v) is 11.9. The van der Waals surface area contributed by atoms with Crippen molar-refractivity contribution in [1.29, 1.82) is 0 Å². The van der Waals surface area contributed by atoms with Crippen LogP contribution in [0.5, 0.6) is 0 Å². The molecule has 0 spiro atoms. The quantitative estimate of drug-likeness (QED) is 0.856. The molecule has 2 rings (SSSR count). The average molecular weight is 270 g/mol. The van der Waals surface area contributed by atoms with Gasteiger partial charge in [0.25, 0.3) is 0 Å². The van der Waals surface area contributed by atoms with E-state index in [1.54, 1.807) is 0 Å². The molecule has 1 saturated heterocycles. The normalized spacial score (nSPS) is 20.4. The van der Waals surface area contributed by atoms with Gasteiger partial charge >= 0.3 is 0 Å². The van der Waals surface area contributed by atoms with E-state index in [-0.39, 0.29) is 12.4 Å². The molecule has 0 aromatic heterocycles. The SMILES string of the molecule is CC(CCc1ccccc1)NCC1CCCO1.Cl. The van der Waals surface area contributed by atoms with Gasteiger partial charge in [0, 0.05) is 19.2 Å². The van der Waals surface area contributed by atoms with Crippen molar-refractivity contribution in [2.75, 3.05) is 13.2 Å². The van der Waals surface area contributed by atoms with Gasteiger partial charge in [-0.15, -0.1) is 12.4 Å². The molecule has 0 saturated carbocycles. The zero-order valence-electron chi connectivity index (χ0n) is 11.1. The van der Waals surface area contributed by atoms with Gasteiger partial charge < -0.3 is 10.1 Å². The van der Waals surface area contributed by atoms with E-state index in [4.69, 9.17) is 4.74 Å². The van der Waals surface area contributed by atoms with Gasteiger partial charge in [-0.05, 0) is 38.2 Å². The van der Waals surface area contributed by atoms with E-state index in [0.717, 1.165) is 19.6 Å². The summed E-state index contributed by atoms with van der Waals surface area (Å²) in [6, 6.07) is 11.3. The van der Waals surface area contributed by atoms with Crippen LogP contribution in [0.1, 0.15) is 31.7 Å². The van der Waals surface area contributed by atoms with Gasteiger partial charge in [-0.3, -0.25) is 0 Å². The van der Waals surface area contributed by atoms with Crippen LogP contribution in [0, 0.1) is 0 Å². The van der Waals surface area contributed by atoms with Crippen molar-refractivity contribution in [3.8, 4) is 0 Å². The van der Waals surface area contributed by atoms with Crippen molar-refractivity contribution < 1.29 is 4.74 Å². The van der Waals surface area contributed by atoms with E-state index < -0.39 is 0 Å². The molecule has 3 heteroatoms. The fourth-order valence-corrected chi connectivity index (χ4v) is 2.27. The smallest absolute Gasteiger partial charge is 0.0700 e. The van der Waals surface area contributed by atoms with Gasteiger partial charge in [-0.25, -0.2) is 0 Å². The number of ether oxygens (including phenoxy) is 1. The second kappa shape index (κ2) is 8.52. The van der Waals surface area contributed by atoms with Gasteiger partial charge in [-0.2, -0.15) is 0 Å². The van der Waals surface area contributed by atoms with E-state index >= 15 is 0 Å². The summed E-state index contributed by atoms with van der Waals surface area (Å²) in [5.41, 5.74) is 1.43.